The lowest BCUT2D eigenvalue weighted by Gasteiger charge is -2.04. The Labute approximate surface area is 72.6 Å². The van der Waals surface area contributed by atoms with Crippen molar-refractivity contribution in [2.24, 2.45) is 0 Å². The molecule has 1 N–H and O–H groups in total. The maximum atomic E-state index is 10.1. The molecule has 0 unspecified atom stereocenters. The predicted molar refractivity (Wildman–Crippen MR) is 49.8 cm³/mol. The number of aryl methyl sites for hydroxylation is 1. The van der Waals surface area contributed by atoms with Crippen LogP contribution < -0.4 is 5.32 Å². The van der Waals surface area contributed by atoms with E-state index in [4.69, 9.17) is 0 Å². The molecular weight excluding hydrogens is 150 g/mol. The molecule has 0 aliphatic rings. The number of para-hydroxylation sites is 1. The second-order valence-electron chi connectivity index (χ2n) is 2.63. The first-order valence-corrected chi connectivity index (χ1v) is 4.09. The van der Waals surface area contributed by atoms with Gasteiger partial charge in [-0.2, -0.15) is 0 Å². The fourth-order valence-electron chi connectivity index (χ4n) is 1.18. The molecule has 1 radical (unpaired) electrons. The average molecular weight is 162 g/mol. The number of hydrogen-bond donors (Lipinski definition) is 1. The lowest BCUT2D eigenvalue weighted by atomic mass is 10.1. The Morgan fingerprint density at radius 1 is 1.42 bits per heavy atom. The summed E-state index contributed by atoms with van der Waals surface area (Å²) in [4.78, 5) is 10.1. The molecule has 0 bridgehead atoms. The number of amides is 1. The van der Waals surface area contributed by atoms with Crippen LogP contribution in [0.5, 0.6) is 0 Å². The Morgan fingerprint density at radius 2 is 2.17 bits per heavy atom. The van der Waals surface area contributed by atoms with Gasteiger partial charge in [-0.1, -0.05) is 31.5 Å². The van der Waals surface area contributed by atoms with E-state index in [0.29, 0.717) is 0 Å². The van der Waals surface area contributed by atoms with E-state index in [0.717, 1.165) is 18.5 Å². The lowest BCUT2D eigenvalue weighted by molar-refractivity contribution is 0.561. The Bertz CT molecular complexity index is 258. The van der Waals surface area contributed by atoms with Crippen LogP contribution in [0.15, 0.2) is 24.3 Å². The number of anilines is 1. The maximum absolute atomic E-state index is 10.1. The molecule has 0 aliphatic heterocycles. The van der Waals surface area contributed by atoms with Gasteiger partial charge in [-0.15, -0.1) is 0 Å². The fraction of sp³-hybridized carbons (Fsp3) is 0.300. The zero-order valence-electron chi connectivity index (χ0n) is 7.13. The van der Waals surface area contributed by atoms with Crippen molar-refractivity contribution in [1.29, 1.82) is 0 Å². The van der Waals surface area contributed by atoms with Crippen LogP contribution in [-0.4, -0.2) is 6.41 Å². The van der Waals surface area contributed by atoms with Gasteiger partial charge >= 0.3 is 6.41 Å². The summed E-state index contributed by atoms with van der Waals surface area (Å²) in [6.45, 7) is 2.11. The maximum Gasteiger partial charge on any atom is 0.314 e. The van der Waals surface area contributed by atoms with E-state index >= 15 is 0 Å². The third kappa shape index (κ3) is 2.09. The van der Waals surface area contributed by atoms with Crippen molar-refractivity contribution in [2.75, 3.05) is 5.32 Å². The highest BCUT2D eigenvalue weighted by atomic mass is 16.1. The molecule has 0 atom stereocenters. The van der Waals surface area contributed by atoms with Gasteiger partial charge in [0, 0.05) is 5.69 Å². The minimum absolute atomic E-state index is 0.870. The summed E-state index contributed by atoms with van der Waals surface area (Å²) >= 11 is 0. The number of carbonyl (C=O) groups excluding carboxylic acids is 1. The Kier molecular flexibility index (Phi) is 3.33. The van der Waals surface area contributed by atoms with Gasteiger partial charge < -0.3 is 5.32 Å². The van der Waals surface area contributed by atoms with Crippen molar-refractivity contribution in [3.8, 4) is 0 Å². The molecule has 63 valence electrons. The standard InChI is InChI=1S/C10H12NO/c1-2-5-9-6-3-4-7-10(9)11-8-12/h3-4,6-7H,2,5H2,1H3,(H,11,12). The van der Waals surface area contributed by atoms with Crippen LogP contribution in [0.2, 0.25) is 0 Å². The average Bonchev–Trinajstić information content (AvgIpc) is 2.09. The molecular formula is C10H12NO. The molecule has 1 rings (SSSR count). The molecule has 0 saturated heterocycles. The smallest absolute Gasteiger partial charge is 0.314 e. The van der Waals surface area contributed by atoms with Gasteiger partial charge in [0.2, 0.25) is 0 Å². The number of benzene rings is 1. The van der Waals surface area contributed by atoms with Gasteiger partial charge in [0.1, 0.15) is 0 Å². The monoisotopic (exact) mass is 162 g/mol. The van der Waals surface area contributed by atoms with Crippen molar-refractivity contribution < 1.29 is 4.79 Å². The molecule has 0 fully saturated rings. The number of nitrogens with one attached hydrogen (secondary N) is 1. The second kappa shape index (κ2) is 4.54. The summed E-state index contributed by atoms with van der Waals surface area (Å²) in [5.41, 5.74) is 2.04. The first-order valence-electron chi connectivity index (χ1n) is 4.09. The van der Waals surface area contributed by atoms with E-state index in [-0.39, 0.29) is 0 Å². The van der Waals surface area contributed by atoms with Crippen molar-refractivity contribution >= 4 is 12.1 Å². The third-order valence-electron chi connectivity index (χ3n) is 1.72. The molecule has 0 spiro atoms. The molecule has 2 nitrogen and oxygen atoms in total. The van der Waals surface area contributed by atoms with E-state index in [1.807, 2.05) is 24.3 Å². The Morgan fingerprint density at radius 3 is 2.83 bits per heavy atom. The zero-order chi connectivity index (χ0) is 8.81. The van der Waals surface area contributed by atoms with Crippen LogP contribution in [0.3, 0.4) is 0 Å². The summed E-state index contributed by atoms with van der Waals surface area (Å²) in [6.07, 6.45) is 3.75. The van der Waals surface area contributed by atoms with Gasteiger partial charge in [-0.05, 0) is 18.1 Å². The predicted octanol–water partition coefficient (Wildman–Crippen LogP) is 2.12. The molecule has 0 saturated carbocycles. The Hall–Kier alpha value is -1.31. The molecule has 2 heteroatoms. The normalized spacial score (nSPS) is 9.42. The first kappa shape index (κ1) is 8.78. The quantitative estimate of drug-likeness (QED) is 0.675. The summed E-state index contributed by atoms with van der Waals surface area (Å²) < 4.78 is 0. The van der Waals surface area contributed by atoms with Crippen LogP contribution in [0.1, 0.15) is 18.9 Å². The summed E-state index contributed by atoms with van der Waals surface area (Å²) in [5.74, 6) is 0. The van der Waals surface area contributed by atoms with E-state index in [9.17, 15) is 4.79 Å². The van der Waals surface area contributed by atoms with Crippen LogP contribution >= 0.6 is 0 Å². The van der Waals surface area contributed by atoms with Crippen molar-refractivity contribution in [3.05, 3.63) is 29.8 Å². The zero-order valence-corrected chi connectivity index (χ0v) is 7.13. The molecule has 0 heterocycles. The van der Waals surface area contributed by atoms with E-state index in [1.54, 1.807) is 6.41 Å². The van der Waals surface area contributed by atoms with Gasteiger partial charge in [0.15, 0.2) is 0 Å². The van der Waals surface area contributed by atoms with Gasteiger partial charge in [0.05, 0.1) is 0 Å². The van der Waals surface area contributed by atoms with Gasteiger partial charge in [-0.25, -0.2) is 0 Å². The SMILES string of the molecule is CCCc1ccccc1N[C]=O. The minimum Gasteiger partial charge on any atom is -0.318 e. The first-order chi connectivity index (χ1) is 5.88. The molecule has 12 heavy (non-hydrogen) atoms. The highest BCUT2D eigenvalue weighted by Crippen LogP contribution is 2.15. The summed E-state index contributed by atoms with van der Waals surface area (Å²) in [5, 5.41) is 2.56. The van der Waals surface area contributed by atoms with E-state index in [1.165, 1.54) is 5.56 Å². The molecule has 1 aromatic rings. The van der Waals surface area contributed by atoms with Gasteiger partial charge in [-0.3, -0.25) is 4.79 Å². The molecule has 0 aliphatic carbocycles. The third-order valence-corrected chi connectivity index (χ3v) is 1.72. The minimum atomic E-state index is 0.870. The number of hydrogen-bond acceptors (Lipinski definition) is 1. The largest absolute Gasteiger partial charge is 0.318 e. The van der Waals surface area contributed by atoms with Crippen LogP contribution in [0.25, 0.3) is 0 Å². The van der Waals surface area contributed by atoms with Crippen molar-refractivity contribution in [2.45, 2.75) is 19.8 Å². The molecule has 1 amide bonds. The molecule has 1 aromatic carbocycles. The van der Waals surface area contributed by atoms with Crippen LogP contribution in [0, 0.1) is 0 Å². The van der Waals surface area contributed by atoms with Crippen LogP contribution in [-0.2, 0) is 11.2 Å². The van der Waals surface area contributed by atoms with Crippen molar-refractivity contribution in [1.82, 2.24) is 0 Å². The summed E-state index contributed by atoms with van der Waals surface area (Å²) in [7, 11) is 0. The van der Waals surface area contributed by atoms with Crippen LogP contribution in [0.4, 0.5) is 5.69 Å². The fourth-order valence-corrected chi connectivity index (χ4v) is 1.18. The van der Waals surface area contributed by atoms with E-state index < -0.39 is 0 Å². The highest BCUT2D eigenvalue weighted by molar-refractivity contribution is 5.73. The lowest BCUT2D eigenvalue weighted by Crippen LogP contribution is -1.97. The molecule has 0 aromatic heterocycles. The summed E-state index contributed by atoms with van der Waals surface area (Å²) in [6, 6.07) is 7.78. The Balaban J connectivity index is 2.83. The van der Waals surface area contributed by atoms with Gasteiger partial charge in [0.25, 0.3) is 0 Å². The topological polar surface area (TPSA) is 29.1 Å². The highest BCUT2D eigenvalue weighted by Gasteiger charge is 1.98. The van der Waals surface area contributed by atoms with Crippen molar-refractivity contribution in [3.63, 3.8) is 0 Å². The van der Waals surface area contributed by atoms with E-state index in [2.05, 4.69) is 12.2 Å². The second-order valence-corrected chi connectivity index (χ2v) is 2.63. The number of rotatable bonds is 4.